The lowest BCUT2D eigenvalue weighted by Crippen LogP contribution is -2.46. The highest BCUT2D eigenvalue weighted by atomic mass is 35.5. The molecule has 3 heterocycles. The molecule has 0 spiro atoms. The van der Waals surface area contributed by atoms with Crippen molar-refractivity contribution in [3.8, 4) is 22.4 Å². The van der Waals surface area contributed by atoms with E-state index in [4.69, 9.17) is 16.3 Å². The number of piperazine rings is 1. The summed E-state index contributed by atoms with van der Waals surface area (Å²) in [6.07, 6.45) is 1.26. The molecule has 18 heteroatoms. The van der Waals surface area contributed by atoms with Gasteiger partial charge in [0.15, 0.2) is 6.35 Å². The van der Waals surface area contributed by atoms with Crippen LogP contribution in [0, 0.1) is 13.8 Å². The number of aryl methyl sites for hydroxylation is 1. The second-order valence-corrected chi connectivity index (χ2v) is 23.7. The van der Waals surface area contributed by atoms with E-state index >= 15 is 0 Å². The number of nitrogens with one attached hydrogen (secondary N) is 2. The molecule has 2 saturated heterocycles. The van der Waals surface area contributed by atoms with Gasteiger partial charge in [0.05, 0.1) is 22.3 Å². The largest absolute Gasteiger partial charge is 0.449 e. The first-order chi connectivity index (χ1) is 34.4. The maximum atomic E-state index is 13.8. The summed E-state index contributed by atoms with van der Waals surface area (Å²) in [5, 5.41) is 14.3. The second kappa shape index (κ2) is 23.3. The Morgan fingerprint density at radius 2 is 1.49 bits per heavy atom. The number of hydrogen-bond acceptors (Lipinski definition) is 11. The van der Waals surface area contributed by atoms with Crippen molar-refractivity contribution in [2.45, 2.75) is 74.9 Å². The van der Waals surface area contributed by atoms with Crippen LogP contribution in [0.1, 0.15) is 60.8 Å². The van der Waals surface area contributed by atoms with E-state index in [-0.39, 0.29) is 28.6 Å². The highest BCUT2D eigenvalue weighted by Crippen LogP contribution is 2.44. The molecule has 1 atom stereocenters. The lowest BCUT2D eigenvalue weighted by Gasteiger charge is -2.37. The first kappa shape index (κ1) is 53.0. The summed E-state index contributed by atoms with van der Waals surface area (Å²) in [6, 6.07) is 38.3. The zero-order valence-electron chi connectivity index (χ0n) is 41.1. The fourth-order valence-corrected chi connectivity index (χ4v) is 12.2. The van der Waals surface area contributed by atoms with Crippen molar-refractivity contribution in [2.24, 2.45) is 0 Å². The molecule has 72 heavy (non-hydrogen) atoms. The number of nitrogens with zero attached hydrogens (tertiary/aromatic N) is 4. The van der Waals surface area contributed by atoms with Gasteiger partial charge in [0.1, 0.15) is 0 Å². The highest BCUT2D eigenvalue weighted by Gasteiger charge is 2.31. The number of carbonyl (C=O) groups excluding carboxylic acids is 1. The molecule has 5 aromatic carbocycles. The Hall–Kier alpha value is -5.29. The molecule has 0 amide bonds. The molecule has 2 aliphatic heterocycles. The van der Waals surface area contributed by atoms with Crippen LogP contribution < -0.4 is 19.8 Å². The molecule has 2 aliphatic rings. The number of ether oxygens (including phenoxy) is 1. The topological polar surface area (TPSA) is 177 Å². The van der Waals surface area contributed by atoms with Crippen LogP contribution in [0.5, 0.6) is 0 Å². The van der Waals surface area contributed by atoms with Crippen LogP contribution in [-0.2, 0) is 19.3 Å². The number of thioether (sulfide) groups is 1. The zero-order valence-corrected chi connectivity index (χ0v) is 44.4. The quantitative estimate of drug-likeness (QED) is 0.0295. The van der Waals surface area contributed by atoms with Crippen molar-refractivity contribution in [1.82, 2.24) is 9.47 Å². The summed E-state index contributed by atoms with van der Waals surface area (Å²) >= 11 is 8.10. The van der Waals surface area contributed by atoms with Crippen molar-refractivity contribution in [3.05, 3.63) is 143 Å². The Morgan fingerprint density at radius 3 is 2.12 bits per heavy atom. The van der Waals surface area contributed by atoms with Crippen molar-refractivity contribution in [2.75, 3.05) is 77.8 Å². The van der Waals surface area contributed by atoms with E-state index in [1.165, 1.54) is 4.90 Å². The van der Waals surface area contributed by atoms with Crippen molar-refractivity contribution < 1.29 is 37.4 Å². The minimum absolute atomic E-state index is 0.0833. The number of anilines is 4. The van der Waals surface area contributed by atoms with Crippen LogP contribution in [0.2, 0.25) is 5.02 Å². The number of likely N-dealkylation sites (tertiary alicyclic amines) is 1. The molecule has 6 aromatic rings. The molecule has 8 rings (SSSR count). The van der Waals surface area contributed by atoms with Gasteiger partial charge in [-0.05, 0) is 143 Å². The van der Waals surface area contributed by atoms with Crippen LogP contribution in [-0.4, -0.2) is 109 Å². The third kappa shape index (κ3) is 13.3. The van der Waals surface area contributed by atoms with E-state index in [0.717, 1.165) is 84.1 Å². The van der Waals surface area contributed by atoms with Crippen LogP contribution in [0.25, 0.3) is 22.4 Å². The molecule has 1 aromatic heterocycles. The summed E-state index contributed by atoms with van der Waals surface area (Å²) in [7, 11) is -8.53. The molecular formula is C54H64ClN6O8PS2. The molecule has 5 N–H and O–H groups in total. The van der Waals surface area contributed by atoms with E-state index in [9.17, 15) is 32.7 Å². The molecular weight excluding hydrogens is 991 g/mol. The second-order valence-electron chi connectivity index (χ2n) is 18.9. The van der Waals surface area contributed by atoms with Gasteiger partial charge in [0.2, 0.25) is 0 Å². The fraction of sp³-hybridized carbons (Fsp3) is 0.352. The SMILES string of the molecule is Cc1cc(S(=O)(=O)Nc2ccc(N3CCN(c4cccc(-c5c(C(=O)OCP(=O)(O)O)c(C)n(C(C)C)c5-c5ccc(Cl)cc5)c4)CC3)cc2)ccc1N[C@H](CCN1CCC(O)CC1)CSc1ccccc1. The first-order valence-corrected chi connectivity index (χ1v) is 29.0. The maximum absolute atomic E-state index is 13.8. The molecule has 14 nitrogen and oxygen atoms in total. The van der Waals surface area contributed by atoms with Crippen molar-refractivity contribution >= 4 is 69.7 Å². The van der Waals surface area contributed by atoms with E-state index in [0.29, 0.717) is 48.1 Å². The fourth-order valence-electron chi connectivity index (χ4n) is 9.60. The third-order valence-electron chi connectivity index (χ3n) is 13.3. The Morgan fingerprint density at radius 1 is 0.819 bits per heavy atom. The number of rotatable bonds is 19. The predicted octanol–water partition coefficient (Wildman–Crippen LogP) is 10.5. The Bertz CT molecular complexity index is 2970. The van der Waals surface area contributed by atoms with Crippen LogP contribution in [0.4, 0.5) is 22.7 Å². The van der Waals surface area contributed by atoms with Gasteiger partial charge in [0, 0.05) is 108 Å². The Labute approximate surface area is 432 Å². The number of esters is 1. The molecule has 0 aliphatic carbocycles. The average molecular weight is 1060 g/mol. The number of piperidine rings is 1. The van der Waals surface area contributed by atoms with Crippen LogP contribution in [0.15, 0.2) is 131 Å². The van der Waals surface area contributed by atoms with E-state index in [1.54, 1.807) is 48.2 Å². The molecule has 382 valence electrons. The van der Waals surface area contributed by atoms with Crippen molar-refractivity contribution in [1.29, 1.82) is 0 Å². The summed E-state index contributed by atoms with van der Waals surface area (Å²) in [5.41, 5.74) is 7.86. The monoisotopic (exact) mass is 1050 g/mol. The van der Waals surface area contributed by atoms with Gasteiger partial charge in [-0.25, -0.2) is 13.2 Å². The normalized spacial score (nSPS) is 15.5. The van der Waals surface area contributed by atoms with Crippen LogP contribution in [0.3, 0.4) is 0 Å². The lowest BCUT2D eigenvalue weighted by atomic mass is 9.96. The summed E-state index contributed by atoms with van der Waals surface area (Å²) < 4.78 is 49.4. The number of hydrogen-bond donors (Lipinski definition) is 5. The molecule has 0 bridgehead atoms. The third-order valence-corrected chi connectivity index (χ3v) is 16.6. The van der Waals surface area contributed by atoms with Gasteiger partial charge in [0.25, 0.3) is 10.0 Å². The van der Waals surface area contributed by atoms with Gasteiger partial charge >= 0.3 is 13.6 Å². The minimum atomic E-state index is -4.64. The molecule has 2 fully saturated rings. The molecule has 0 unspecified atom stereocenters. The van der Waals surface area contributed by atoms with Gasteiger partial charge in [-0.2, -0.15) is 0 Å². The summed E-state index contributed by atoms with van der Waals surface area (Å²) in [6.45, 7) is 13.2. The highest BCUT2D eigenvalue weighted by molar-refractivity contribution is 7.99. The van der Waals surface area contributed by atoms with Crippen molar-refractivity contribution in [3.63, 3.8) is 0 Å². The summed E-state index contributed by atoms with van der Waals surface area (Å²) in [5.74, 6) is 0.0231. The average Bonchev–Trinajstić information content (AvgIpc) is 3.68. The van der Waals surface area contributed by atoms with E-state index < -0.39 is 29.9 Å². The smallest absolute Gasteiger partial charge is 0.362 e. The molecule has 0 saturated carbocycles. The predicted molar refractivity (Wildman–Crippen MR) is 291 cm³/mol. The number of aliphatic hydroxyl groups excluding tert-OH is 1. The van der Waals surface area contributed by atoms with Gasteiger partial charge in [-0.3, -0.25) is 9.29 Å². The number of aliphatic hydroxyl groups is 1. The lowest BCUT2D eigenvalue weighted by molar-refractivity contribution is 0.0549. The first-order valence-electron chi connectivity index (χ1n) is 24.3. The van der Waals surface area contributed by atoms with E-state index in [1.807, 2.05) is 105 Å². The number of aromatic nitrogens is 1. The standard InChI is InChI=1S/C54H64ClN6O8PS2/c1-37(2)61-39(4)51(54(63)69-36-70(64,65)66)52(53(61)40-13-15-42(55)16-14-40)41-9-8-10-46(34-41)60-31-29-59(30-32-60)45-19-17-43(18-20-45)57-72(67,68)49-21-22-50(38(3)33-49)56-44(35-71-48-11-6-5-7-12-48)23-26-58-27-24-47(62)25-28-58/h5-22,33-34,37,44,47,56-57,62H,23-32,35-36H2,1-4H3,(H2,64,65,66)/t44-/m1/s1. The number of halogens is 1. The number of carbonyl (C=O) groups is 1. The van der Waals surface area contributed by atoms with Gasteiger partial charge in [-0.1, -0.05) is 54.1 Å². The van der Waals surface area contributed by atoms with Crippen LogP contribution >= 0.6 is 31.0 Å². The maximum Gasteiger partial charge on any atom is 0.362 e. The van der Waals surface area contributed by atoms with Gasteiger partial charge < -0.3 is 44.2 Å². The van der Waals surface area contributed by atoms with E-state index in [2.05, 4.69) is 36.9 Å². The number of benzene rings is 5. The zero-order chi connectivity index (χ0) is 51.2. The van der Waals surface area contributed by atoms with Gasteiger partial charge in [-0.15, -0.1) is 11.8 Å². The molecule has 0 radical (unpaired) electrons. The Balaban J connectivity index is 0.925. The Kier molecular flexibility index (Phi) is 17.1. The summed E-state index contributed by atoms with van der Waals surface area (Å²) in [4.78, 5) is 41.3. The minimum Gasteiger partial charge on any atom is -0.449 e. The number of sulfonamides is 1.